The van der Waals surface area contributed by atoms with E-state index in [1.165, 1.54) is 0 Å². The summed E-state index contributed by atoms with van der Waals surface area (Å²) in [5.74, 6) is 5.08. The smallest absolute Gasteiger partial charge is 0.125 e. The normalized spacial score (nSPS) is 14.5. The van der Waals surface area contributed by atoms with E-state index in [0.717, 1.165) is 0 Å². The second-order valence-electron chi connectivity index (χ2n) is 0.865. The molecule has 0 amide bonds. The van der Waals surface area contributed by atoms with Crippen LogP contribution in [0.25, 0.3) is 0 Å². The molecule has 0 radical (unpaired) electrons. The molecule has 0 aliphatic heterocycles. The van der Waals surface area contributed by atoms with Gasteiger partial charge in [0.1, 0.15) is 6.23 Å². The maximum atomic E-state index is 8.35. The first-order chi connectivity index (χ1) is 2.81. The van der Waals surface area contributed by atoms with E-state index >= 15 is 0 Å². The number of hydrogen-bond acceptors (Lipinski definition) is 4. The van der Waals surface area contributed by atoms with Crippen LogP contribution in [0.3, 0.4) is 0 Å². The van der Waals surface area contributed by atoms with Crippen LogP contribution in [0.2, 0.25) is 0 Å². The Hall–Kier alpha value is 0.230. The van der Waals surface area contributed by atoms with Crippen molar-refractivity contribution < 1.29 is 5.11 Å². The first-order valence-electron chi connectivity index (χ1n) is 1.56. The molecule has 0 saturated carbocycles. The van der Waals surface area contributed by atoms with Crippen molar-refractivity contribution in [2.24, 2.45) is 5.84 Å². The molecule has 0 aliphatic rings. The van der Waals surface area contributed by atoms with E-state index in [-0.39, 0.29) is 0 Å². The average molecular weight is 108 g/mol. The highest BCUT2D eigenvalue weighted by Crippen LogP contribution is 1.74. The largest absolute Gasteiger partial charge is 0.377 e. The lowest BCUT2D eigenvalue weighted by atomic mass is 10.7. The van der Waals surface area contributed by atoms with Crippen LogP contribution < -0.4 is 11.3 Å². The van der Waals surface area contributed by atoms with E-state index in [1.54, 1.807) is 0 Å². The molecule has 0 bridgehead atoms. The predicted octanol–water partition coefficient (Wildman–Crippen LogP) is -1.30. The van der Waals surface area contributed by atoms with Crippen molar-refractivity contribution in [2.75, 3.05) is 5.75 Å². The van der Waals surface area contributed by atoms with Gasteiger partial charge in [-0.25, -0.2) is 5.43 Å². The first kappa shape index (κ1) is 6.23. The number of hydrogen-bond donors (Lipinski definition) is 4. The number of rotatable bonds is 2. The molecule has 0 fully saturated rings. The van der Waals surface area contributed by atoms with Crippen LogP contribution in [-0.4, -0.2) is 17.1 Å². The minimum atomic E-state index is -0.673. The molecule has 0 spiro atoms. The van der Waals surface area contributed by atoms with Crippen molar-refractivity contribution in [3.05, 3.63) is 0 Å². The quantitative estimate of drug-likeness (QED) is 0.154. The van der Waals surface area contributed by atoms with Gasteiger partial charge in [0.15, 0.2) is 0 Å². The van der Waals surface area contributed by atoms with E-state index in [1.807, 2.05) is 0 Å². The maximum Gasteiger partial charge on any atom is 0.125 e. The third kappa shape index (κ3) is 2.47. The van der Waals surface area contributed by atoms with Gasteiger partial charge in [0.25, 0.3) is 0 Å². The monoisotopic (exact) mass is 108 g/mol. The Morgan fingerprint density at radius 1 is 2.00 bits per heavy atom. The number of nitrogens with two attached hydrogens (primary N) is 1. The summed E-state index contributed by atoms with van der Waals surface area (Å²) in [6.07, 6.45) is -0.673. The van der Waals surface area contributed by atoms with Crippen LogP contribution in [0.15, 0.2) is 0 Å². The number of thiol groups is 1. The summed E-state index contributed by atoms with van der Waals surface area (Å²) >= 11 is 3.70. The standard InChI is InChI=1S/C2H8N2OS/c3-4-2(5)1-6/h2,4-6H,1,3H2. The van der Waals surface area contributed by atoms with Gasteiger partial charge in [-0.05, 0) is 0 Å². The van der Waals surface area contributed by atoms with Gasteiger partial charge in [0.2, 0.25) is 0 Å². The van der Waals surface area contributed by atoms with Gasteiger partial charge < -0.3 is 5.11 Å². The third-order valence-corrected chi connectivity index (χ3v) is 0.711. The van der Waals surface area contributed by atoms with E-state index in [9.17, 15) is 0 Å². The maximum absolute atomic E-state index is 8.35. The Morgan fingerprint density at radius 3 is 2.50 bits per heavy atom. The van der Waals surface area contributed by atoms with Crippen LogP contribution in [0.4, 0.5) is 0 Å². The summed E-state index contributed by atoms with van der Waals surface area (Å²) in [6.45, 7) is 0. The molecule has 0 aromatic heterocycles. The molecular weight excluding hydrogens is 100 g/mol. The summed E-state index contributed by atoms with van der Waals surface area (Å²) in [5, 5.41) is 8.35. The lowest BCUT2D eigenvalue weighted by Gasteiger charge is -2.00. The van der Waals surface area contributed by atoms with Crippen molar-refractivity contribution in [1.82, 2.24) is 5.43 Å². The van der Waals surface area contributed by atoms with Crippen molar-refractivity contribution in [3.8, 4) is 0 Å². The molecule has 1 atom stereocenters. The van der Waals surface area contributed by atoms with Gasteiger partial charge in [-0.15, -0.1) is 0 Å². The highest BCUT2D eigenvalue weighted by Gasteiger charge is 1.90. The molecule has 0 rings (SSSR count). The van der Waals surface area contributed by atoms with Gasteiger partial charge >= 0.3 is 0 Å². The van der Waals surface area contributed by atoms with Gasteiger partial charge in [-0.2, -0.15) is 12.6 Å². The second kappa shape index (κ2) is 3.42. The van der Waals surface area contributed by atoms with Crippen LogP contribution in [-0.2, 0) is 0 Å². The summed E-state index contributed by atoms with van der Waals surface area (Å²) in [5.41, 5.74) is 2.09. The zero-order valence-corrected chi connectivity index (χ0v) is 4.15. The summed E-state index contributed by atoms with van der Waals surface area (Å²) in [4.78, 5) is 0. The van der Waals surface area contributed by atoms with Crippen molar-refractivity contribution in [1.29, 1.82) is 0 Å². The minimum Gasteiger partial charge on any atom is -0.377 e. The summed E-state index contributed by atoms with van der Waals surface area (Å²) in [7, 11) is 0. The van der Waals surface area contributed by atoms with Crippen molar-refractivity contribution >= 4 is 12.6 Å². The van der Waals surface area contributed by atoms with Gasteiger partial charge in [0.05, 0.1) is 0 Å². The Balaban J connectivity index is 2.75. The summed E-state index contributed by atoms with van der Waals surface area (Å²) < 4.78 is 0. The van der Waals surface area contributed by atoms with E-state index in [2.05, 4.69) is 18.1 Å². The summed E-state index contributed by atoms with van der Waals surface area (Å²) in [6, 6.07) is 0. The Morgan fingerprint density at radius 2 is 2.50 bits per heavy atom. The Labute approximate surface area is 41.9 Å². The Kier molecular flexibility index (Phi) is 3.55. The Bertz CT molecular complexity index is 30.7. The van der Waals surface area contributed by atoms with Crippen LogP contribution in [0.1, 0.15) is 0 Å². The topological polar surface area (TPSA) is 58.3 Å². The molecule has 3 nitrogen and oxygen atoms in total. The molecule has 0 heterocycles. The molecule has 0 aliphatic carbocycles. The molecule has 6 heavy (non-hydrogen) atoms. The van der Waals surface area contributed by atoms with Crippen LogP contribution in [0.5, 0.6) is 0 Å². The molecule has 0 aromatic rings. The third-order valence-electron chi connectivity index (χ3n) is 0.365. The molecule has 1 unspecified atom stereocenters. The SMILES string of the molecule is NNC(O)CS. The molecule has 4 heteroatoms. The van der Waals surface area contributed by atoms with Gasteiger partial charge in [-0.3, -0.25) is 5.84 Å². The van der Waals surface area contributed by atoms with Crippen LogP contribution >= 0.6 is 12.6 Å². The van der Waals surface area contributed by atoms with Crippen molar-refractivity contribution in [3.63, 3.8) is 0 Å². The minimum absolute atomic E-state index is 0.344. The predicted molar refractivity (Wildman–Crippen MR) is 27.2 cm³/mol. The number of hydrazine groups is 1. The zero-order chi connectivity index (χ0) is 4.99. The van der Waals surface area contributed by atoms with Crippen molar-refractivity contribution in [2.45, 2.75) is 6.23 Å². The fourth-order valence-electron chi connectivity index (χ4n) is 0.0527. The highest BCUT2D eigenvalue weighted by atomic mass is 32.1. The number of nitrogens with one attached hydrogen (secondary N) is 1. The van der Waals surface area contributed by atoms with Gasteiger partial charge in [0, 0.05) is 5.75 Å². The molecular formula is C2H8N2OS. The molecule has 38 valence electrons. The van der Waals surface area contributed by atoms with E-state index in [0.29, 0.717) is 5.75 Å². The fraction of sp³-hybridized carbons (Fsp3) is 1.00. The highest BCUT2D eigenvalue weighted by molar-refractivity contribution is 7.80. The van der Waals surface area contributed by atoms with E-state index < -0.39 is 6.23 Å². The van der Waals surface area contributed by atoms with Gasteiger partial charge in [-0.1, -0.05) is 0 Å². The molecule has 4 N–H and O–H groups in total. The lowest BCUT2D eigenvalue weighted by molar-refractivity contribution is 0.163. The number of aliphatic hydroxyl groups excluding tert-OH is 1. The first-order valence-corrected chi connectivity index (χ1v) is 2.19. The molecule has 0 saturated heterocycles. The fourth-order valence-corrected chi connectivity index (χ4v) is 0.158. The van der Waals surface area contributed by atoms with E-state index in [4.69, 9.17) is 10.9 Å². The average Bonchev–Trinajstić information content (AvgIpc) is 1.65. The number of aliphatic hydroxyl groups is 1. The molecule has 0 aromatic carbocycles. The second-order valence-corrected chi connectivity index (χ2v) is 1.23. The zero-order valence-electron chi connectivity index (χ0n) is 3.26. The lowest BCUT2D eigenvalue weighted by Crippen LogP contribution is -2.35. The van der Waals surface area contributed by atoms with Crippen LogP contribution in [0, 0.1) is 0 Å².